The third-order valence-corrected chi connectivity index (χ3v) is 2.57. The van der Waals surface area contributed by atoms with Gasteiger partial charge in [-0.3, -0.25) is 0 Å². The fraction of sp³-hybridized carbons (Fsp3) is 0.125. The molecule has 0 radical (unpaired) electrons. The van der Waals surface area contributed by atoms with E-state index >= 15 is 0 Å². The minimum atomic E-state index is -1.12. The van der Waals surface area contributed by atoms with Crippen molar-refractivity contribution in [2.75, 3.05) is 0 Å². The van der Waals surface area contributed by atoms with Crippen molar-refractivity contribution in [2.45, 2.75) is 13.8 Å². The topological polar surface area (TPSA) is 146 Å². The Kier molecular flexibility index (Phi) is 14.0. The number of benzene rings is 2. The summed E-state index contributed by atoms with van der Waals surface area (Å²) >= 11 is 0. The van der Waals surface area contributed by atoms with Crippen LogP contribution in [0, 0.1) is 13.8 Å². The van der Waals surface area contributed by atoms with E-state index < -0.39 is 11.9 Å². The summed E-state index contributed by atoms with van der Waals surface area (Å²) in [5.74, 6) is -2.25. The van der Waals surface area contributed by atoms with Crippen LogP contribution in [0.15, 0.2) is 48.5 Å². The van der Waals surface area contributed by atoms with E-state index in [0.717, 1.165) is 11.1 Å². The van der Waals surface area contributed by atoms with Gasteiger partial charge in [0.15, 0.2) is 0 Å². The molecule has 0 unspecified atom stereocenters. The van der Waals surface area contributed by atoms with Gasteiger partial charge in [-0.2, -0.15) is 0 Å². The molecule has 6 N–H and O–H groups in total. The number of aromatic carboxylic acids is 2. The van der Waals surface area contributed by atoms with Gasteiger partial charge in [0.1, 0.15) is 0 Å². The molecule has 2 rings (SSSR count). The van der Waals surface area contributed by atoms with Gasteiger partial charge in [-0.05, 0) is 25.0 Å². The molecule has 0 aliphatic carbocycles. The Hall–Kier alpha value is -2.08. The zero-order valence-corrected chi connectivity index (χ0v) is 16.1. The van der Waals surface area contributed by atoms with Crippen LogP contribution < -0.4 is 10.2 Å². The minimum absolute atomic E-state index is 0. The van der Waals surface area contributed by atoms with E-state index in [2.05, 4.69) is 0 Å². The number of aryl methyl sites for hydroxylation is 2. The molecule has 120 valence electrons. The first kappa shape index (κ1) is 25.9. The maximum Gasteiger partial charge on any atom is 2.00 e. The summed E-state index contributed by atoms with van der Waals surface area (Å²) in [5, 5.41) is 20.4. The molecule has 0 heterocycles. The van der Waals surface area contributed by atoms with Crippen molar-refractivity contribution >= 4 is 11.9 Å². The van der Waals surface area contributed by atoms with Gasteiger partial charge in [-0.25, -0.2) is 0 Å². The molecular weight excluding hydrogens is 354 g/mol. The average Bonchev–Trinajstić information content (AvgIpc) is 2.40. The van der Waals surface area contributed by atoms with Crippen molar-refractivity contribution < 1.29 is 50.2 Å². The number of rotatable bonds is 2. The van der Waals surface area contributed by atoms with Gasteiger partial charge in [-0.1, -0.05) is 59.7 Å². The van der Waals surface area contributed by atoms with Gasteiger partial charge in [-0.15, -0.1) is 0 Å². The smallest absolute Gasteiger partial charge is 0.545 e. The monoisotopic (exact) mass is 372 g/mol. The first-order valence-electron chi connectivity index (χ1n) is 5.96. The Balaban J connectivity index is -0.000000308. The number of hydrogen-bond donors (Lipinski definition) is 0. The van der Waals surface area contributed by atoms with Crippen LogP contribution in [-0.2, 0) is 30.4 Å². The van der Waals surface area contributed by atoms with Crippen LogP contribution in [0.2, 0.25) is 0 Å². The van der Waals surface area contributed by atoms with E-state index in [-0.39, 0.29) is 41.6 Å². The fourth-order valence-electron chi connectivity index (χ4n) is 1.38. The van der Waals surface area contributed by atoms with E-state index in [0.29, 0.717) is 0 Å². The normalized spacial score (nSPS) is 8.09. The van der Waals surface area contributed by atoms with Gasteiger partial charge in [0.2, 0.25) is 0 Å². The van der Waals surface area contributed by atoms with E-state index in [1.165, 1.54) is 24.3 Å². The Labute approximate surface area is 147 Å². The molecule has 0 saturated heterocycles. The first-order valence-corrected chi connectivity index (χ1v) is 5.96. The molecule has 0 amide bonds. The summed E-state index contributed by atoms with van der Waals surface area (Å²) in [6.07, 6.45) is 0. The fourth-order valence-corrected chi connectivity index (χ4v) is 1.38. The van der Waals surface area contributed by atoms with Gasteiger partial charge in [0, 0.05) is 0 Å². The van der Waals surface area contributed by atoms with E-state index in [9.17, 15) is 19.8 Å². The predicted molar refractivity (Wildman–Crippen MR) is 80.8 cm³/mol. The summed E-state index contributed by atoms with van der Waals surface area (Å²) in [7, 11) is 0. The standard InChI is InChI=1S/2C8H8O2.2H2O.Zn/c2*1-6-2-4-7(5-3-6)8(9)10;;;/h2*2-5H,1H3,(H,9,10);2*1H2;/q;;;;+2. The van der Waals surface area contributed by atoms with E-state index in [1.54, 1.807) is 24.3 Å². The number of carbonyl (C=O) groups excluding carboxylic acids is 2. The maximum absolute atomic E-state index is 10.2. The van der Waals surface area contributed by atoms with Crippen molar-refractivity contribution in [1.82, 2.24) is 0 Å². The Morgan fingerprint density at radius 1 is 0.652 bits per heavy atom. The molecule has 6 nitrogen and oxygen atoms in total. The molecule has 0 aliphatic rings. The van der Waals surface area contributed by atoms with Gasteiger partial charge in [0.05, 0.1) is 11.9 Å². The molecule has 0 bridgehead atoms. The molecule has 0 fully saturated rings. The summed E-state index contributed by atoms with van der Waals surface area (Å²) in [6.45, 7) is 3.80. The van der Waals surface area contributed by atoms with Crippen LogP contribution in [0.1, 0.15) is 31.8 Å². The Bertz CT molecular complexity index is 537. The van der Waals surface area contributed by atoms with Gasteiger partial charge in [0.25, 0.3) is 0 Å². The third kappa shape index (κ3) is 9.52. The summed E-state index contributed by atoms with van der Waals surface area (Å²) in [4.78, 5) is 20.4. The van der Waals surface area contributed by atoms with Crippen molar-refractivity contribution in [3.63, 3.8) is 0 Å². The largest absolute Gasteiger partial charge is 2.00 e. The van der Waals surface area contributed by atoms with Crippen molar-refractivity contribution in [2.24, 2.45) is 0 Å². The van der Waals surface area contributed by atoms with Crippen LogP contribution in [0.25, 0.3) is 0 Å². The van der Waals surface area contributed by atoms with Crippen LogP contribution in [0.5, 0.6) is 0 Å². The van der Waals surface area contributed by atoms with E-state index in [4.69, 9.17) is 0 Å². The molecular formula is C16H20O6Zn+2. The van der Waals surface area contributed by atoms with Crippen molar-refractivity contribution in [3.05, 3.63) is 70.8 Å². The van der Waals surface area contributed by atoms with Gasteiger partial charge < -0.3 is 30.8 Å². The van der Waals surface area contributed by atoms with Crippen molar-refractivity contribution in [1.29, 1.82) is 0 Å². The molecule has 23 heavy (non-hydrogen) atoms. The molecule has 2 aromatic carbocycles. The summed E-state index contributed by atoms with van der Waals surface area (Å²) in [5.41, 5.74) is 2.55. The number of hydrogen-bond acceptors (Lipinski definition) is 4. The molecule has 7 heteroatoms. The molecule has 0 aromatic heterocycles. The number of carboxylic acid groups (broad SMARTS) is 2. The van der Waals surface area contributed by atoms with Gasteiger partial charge >= 0.3 is 19.5 Å². The van der Waals surface area contributed by atoms with Crippen LogP contribution in [0.4, 0.5) is 0 Å². The molecule has 0 aliphatic heterocycles. The molecule has 0 saturated carbocycles. The number of carboxylic acids is 2. The Morgan fingerprint density at radius 2 is 0.870 bits per heavy atom. The first-order chi connectivity index (χ1) is 9.40. The molecule has 2 aromatic rings. The summed E-state index contributed by atoms with van der Waals surface area (Å²) in [6, 6.07) is 13.1. The predicted octanol–water partition coefficient (Wildman–Crippen LogP) is -1.13. The minimum Gasteiger partial charge on any atom is -0.545 e. The third-order valence-electron chi connectivity index (χ3n) is 2.57. The van der Waals surface area contributed by atoms with Crippen molar-refractivity contribution in [3.8, 4) is 0 Å². The second-order valence-corrected chi connectivity index (χ2v) is 4.31. The second-order valence-electron chi connectivity index (χ2n) is 4.31. The maximum atomic E-state index is 10.2. The number of carbonyl (C=O) groups is 2. The van der Waals surface area contributed by atoms with E-state index in [1.807, 2.05) is 13.8 Å². The Morgan fingerprint density at radius 3 is 1.04 bits per heavy atom. The van der Waals surface area contributed by atoms with Crippen LogP contribution in [-0.4, -0.2) is 11.9 Å². The molecule has 0 atom stereocenters. The SMILES string of the molecule is Cc1ccc(C(=O)[O-])cc1.Cc1ccc(C(=O)[O-])cc1.[OH3+].[OH3+].[Zn+2]. The molecule has 0 spiro atoms. The average molecular weight is 374 g/mol. The van der Waals surface area contributed by atoms with Crippen LogP contribution >= 0.6 is 0 Å². The summed E-state index contributed by atoms with van der Waals surface area (Å²) < 4.78 is 0. The zero-order chi connectivity index (χ0) is 15.1. The van der Waals surface area contributed by atoms with Crippen LogP contribution in [0.3, 0.4) is 0 Å². The zero-order valence-electron chi connectivity index (χ0n) is 13.1. The second kappa shape index (κ2) is 12.5. The quantitative estimate of drug-likeness (QED) is 0.484.